The highest BCUT2D eigenvalue weighted by atomic mass is 32.1. The summed E-state index contributed by atoms with van der Waals surface area (Å²) in [6.07, 6.45) is 1.05. The Morgan fingerprint density at radius 3 is 3.00 bits per heavy atom. The Morgan fingerprint density at radius 1 is 1.36 bits per heavy atom. The van der Waals surface area contributed by atoms with Crippen LogP contribution < -0.4 is 0 Å². The summed E-state index contributed by atoms with van der Waals surface area (Å²) in [5.74, 6) is 0.782. The molecule has 14 heavy (non-hydrogen) atoms. The van der Waals surface area contributed by atoms with Crippen molar-refractivity contribution < 1.29 is 0 Å². The van der Waals surface area contributed by atoms with Crippen LogP contribution >= 0.6 is 11.3 Å². The fraction of sp³-hybridized carbons (Fsp3) is 0.250. The Balaban J connectivity index is 2.11. The van der Waals surface area contributed by atoms with Gasteiger partial charge in [-0.1, -0.05) is 18.2 Å². The molecule has 1 fully saturated rings. The quantitative estimate of drug-likeness (QED) is 0.689. The molecule has 2 unspecified atom stereocenters. The molecule has 1 saturated carbocycles. The maximum Gasteiger partial charge on any atom is 0.0662 e. The molecule has 0 aliphatic heterocycles. The lowest BCUT2D eigenvalue weighted by Crippen LogP contribution is -1.77. The molecule has 1 aromatic carbocycles. The summed E-state index contributed by atoms with van der Waals surface area (Å²) in [6.45, 7) is 0. The first kappa shape index (κ1) is 8.02. The van der Waals surface area contributed by atoms with Gasteiger partial charge in [-0.05, 0) is 28.8 Å². The van der Waals surface area contributed by atoms with Crippen molar-refractivity contribution in [3.8, 4) is 6.07 Å². The summed E-state index contributed by atoms with van der Waals surface area (Å²) < 4.78 is 1.34. The van der Waals surface area contributed by atoms with E-state index in [4.69, 9.17) is 5.26 Å². The second kappa shape index (κ2) is 2.83. The van der Waals surface area contributed by atoms with Crippen molar-refractivity contribution in [1.82, 2.24) is 0 Å². The van der Waals surface area contributed by atoms with Gasteiger partial charge in [0.25, 0.3) is 0 Å². The number of rotatable bonds is 1. The topological polar surface area (TPSA) is 23.8 Å². The van der Waals surface area contributed by atoms with Crippen LogP contribution in [0.3, 0.4) is 0 Å². The molecule has 2 heteroatoms. The van der Waals surface area contributed by atoms with Gasteiger partial charge in [-0.15, -0.1) is 11.3 Å². The highest BCUT2D eigenvalue weighted by Gasteiger charge is 2.39. The molecule has 3 rings (SSSR count). The van der Waals surface area contributed by atoms with Crippen LogP contribution in [-0.4, -0.2) is 0 Å². The van der Waals surface area contributed by atoms with E-state index < -0.39 is 0 Å². The van der Waals surface area contributed by atoms with Crippen molar-refractivity contribution >= 4 is 21.4 Å². The molecule has 0 N–H and O–H groups in total. The molecule has 0 saturated heterocycles. The second-order valence-corrected chi connectivity index (χ2v) is 4.68. The van der Waals surface area contributed by atoms with E-state index in [9.17, 15) is 0 Å². The molecule has 0 spiro atoms. The summed E-state index contributed by atoms with van der Waals surface area (Å²) >= 11 is 1.79. The molecular formula is C12H9NS. The Labute approximate surface area is 86.6 Å². The van der Waals surface area contributed by atoms with Crippen molar-refractivity contribution in [2.75, 3.05) is 0 Å². The lowest BCUT2D eigenvalue weighted by molar-refractivity contribution is 1.04. The molecule has 2 aromatic rings. The first-order chi connectivity index (χ1) is 6.90. The number of benzene rings is 1. The van der Waals surface area contributed by atoms with Crippen molar-refractivity contribution in [3.63, 3.8) is 0 Å². The van der Waals surface area contributed by atoms with Gasteiger partial charge in [0.05, 0.1) is 12.0 Å². The van der Waals surface area contributed by atoms with Crippen molar-refractivity contribution in [1.29, 1.82) is 5.26 Å². The Hall–Kier alpha value is -1.33. The van der Waals surface area contributed by atoms with Gasteiger partial charge >= 0.3 is 0 Å². The van der Waals surface area contributed by atoms with E-state index >= 15 is 0 Å². The van der Waals surface area contributed by atoms with Gasteiger partial charge in [-0.2, -0.15) is 5.26 Å². The number of hydrogen-bond donors (Lipinski definition) is 0. The monoisotopic (exact) mass is 199 g/mol. The van der Waals surface area contributed by atoms with Crippen LogP contribution in [0.25, 0.3) is 10.1 Å². The van der Waals surface area contributed by atoms with Crippen molar-refractivity contribution in [3.05, 3.63) is 35.2 Å². The third-order valence-corrected chi connectivity index (χ3v) is 3.85. The molecule has 68 valence electrons. The van der Waals surface area contributed by atoms with E-state index in [0.717, 1.165) is 6.42 Å². The van der Waals surface area contributed by atoms with Crippen LogP contribution in [0.4, 0.5) is 0 Å². The second-order valence-electron chi connectivity index (χ2n) is 3.76. The van der Waals surface area contributed by atoms with Gasteiger partial charge in [0.2, 0.25) is 0 Å². The first-order valence-corrected chi connectivity index (χ1v) is 5.64. The number of nitriles is 1. The zero-order chi connectivity index (χ0) is 9.54. The van der Waals surface area contributed by atoms with Gasteiger partial charge in [-0.3, -0.25) is 0 Å². The molecule has 1 nitrogen and oxygen atoms in total. The minimum atomic E-state index is 0.271. The SMILES string of the molecule is N#CC1CC1c1csc2ccccc12. The molecular weight excluding hydrogens is 190 g/mol. The molecule has 1 heterocycles. The first-order valence-electron chi connectivity index (χ1n) is 4.76. The number of hydrogen-bond acceptors (Lipinski definition) is 2. The van der Waals surface area contributed by atoms with Gasteiger partial charge in [0.1, 0.15) is 0 Å². The fourth-order valence-corrected chi connectivity index (χ4v) is 2.99. The standard InChI is InChI=1S/C12H9NS/c13-6-8-5-10(8)11-7-14-12-4-2-1-3-9(11)12/h1-4,7-8,10H,5H2. The van der Waals surface area contributed by atoms with Gasteiger partial charge in [0, 0.05) is 10.6 Å². The van der Waals surface area contributed by atoms with E-state index in [0.29, 0.717) is 5.92 Å². The van der Waals surface area contributed by atoms with Crippen molar-refractivity contribution in [2.24, 2.45) is 5.92 Å². The van der Waals surface area contributed by atoms with Crippen LogP contribution in [0.1, 0.15) is 17.9 Å². The summed E-state index contributed by atoms with van der Waals surface area (Å²) in [7, 11) is 0. The fourth-order valence-electron chi connectivity index (χ4n) is 1.97. The summed E-state index contributed by atoms with van der Waals surface area (Å²) in [4.78, 5) is 0. The van der Waals surface area contributed by atoms with Gasteiger partial charge < -0.3 is 0 Å². The lowest BCUT2D eigenvalue weighted by atomic mass is 10.1. The molecule has 0 amide bonds. The smallest absolute Gasteiger partial charge is 0.0662 e. The van der Waals surface area contributed by atoms with E-state index in [1.165, 1.54) is 15.6 Å². The highest BCUT2D eigenvalue weighted by Crippen LogP contribution is 2.50. The molecule has 1 aromatic heterocycles. The predicted octanol–water partition coefficient (Wildman–Crippen LogP) is 3.53. The molecule has 0 radical (unpaired) electrons. The van der Waals surface area contributed by atoms with E-state index in [-0.39, 0.29) is 5.92 Å². The highest BCUT2D eigenvalue weighted by molar-refractivity contribution is 7.17. The van der Waals surface area contributed by atoms with Crippen LogP contribution in [0.2, 0.25) is 0 Å². The van der Waals surface area contributed by atoms with Crippen LogP contribution in [0.15, 0.2) is 29.6 Å². The number of thiophene rings is 1. The zero-order valence-corrected chi connectivity index (χ0v) is 8.42. The van der Waals surface area contributed by atoms with E-state index in [2.05, 4.69) is 35.7 Å². The average Bonchev–Trinajstić information content (AvgIpc) is 2.90. The Kier molecular flexibility index (Phi) is 1.62. The van der Waals surface area contributed by atoms with Gasteiger partial charge in [-0.25, -0.2) is 0 Å². The maximum atomic E-state index is 8.80. The minimum Gasteiger partial charge on any atom is -0.198 e. The zero-order valence-electron chi connectivity index (χ0n) is 7.60. The average molecular weight is 199 g/mol. The molecule has 2 atom stereocenters. The summed E-state index contributed by atoms with van der Waals surface area (Å²) in [5.41, 5.74) is 1.39. The molecule has 1 aliphatic rings. The van der Waals surface area contributed by atoms with E-state index in [1.54, 1.807) is 11.3 Å². The third kappa shape index (κ3) is 1.06. The largest absolute Gasteiger partial charge is 0.198 e. The number of fused-ring (bicyclic) bond motifs is 1. The molecule has 1 aliphatic carbocycles. The summed E-state index contributed by atoms with van der Waals surface area (Å²) in [6, 6.07) is 10.8. The third-order valence-electron chi connectivity index (χ3n) is 2.87. The normalized spacial score (nSPS) is 24.8. The number of nitrogens with zero attached hydrogens (tertiary/aromatic N) is 1. The van der Waals surface area contributed by atoms with Crippen molar-refractivity contribution in [2.45, 2.75) is 12.3 Å². The van der Waals surface area contributed by atoms with Crippen LogP contribution in [0, 0.1) is 17.2 Å². The Bertz CT molecular complexity index is 520. The summed E-state index contributed by atoms with van der Waals surface area (Å²) in [5, 5.41) is 12.4. The Morgan fingerprint density at radius 2 is 2.21 bits per heavy atom. The van der Waals surface area contributed by atoms with Crippen LogP contribution in [-0.2, 0) is 0 Å². The minimum absolute atomic E-state index is 0.271. The predicted molar refractivity (Wildman–Crippen MR) is 58.3 cm³/mol. The van der Waals surface area contributed by atoms with Gasteiger partial charge in [0.15, 0.2) is 0 Å². The van der Waals surface area contributed by atoms with E-state index in [1.807, 2.05) is 0 Å². The van der Waals surface area contributed by atoms with Crippen LogP contribution in [0.5, 0.6) is 0 Å². The molecule has 0 bridgehead atoms. The maximum absolute atomic E-state index is 8.80. The lowest BCUT2D eigenvalue weighted by Gasteiger charge is -1.93.